The summed E-state index contributed by atoms with van der Waals surface area (Å²) in [4.78, 5) is 0.298. The lowest BCUT2D eigenvalue weighted by Crippen LogP contribution is -2.11. The summed E-state index contributed by atoms with van der Waals surface area (Å²) in [6.07, 6.45) is 3.48. The summed E-state index contributed by atoms with van der Waals surface area (Å²) in [5, 5.41) is 10.8. The topological polar surface area (TPSA) is 86.3 Å². The van der Waals surface area contributed by atoms with E-state index >= 15 is 0 Å². The number of hydrogen-bond donors (Lipinski definition) is 2. The van der Waals surface area contributed by atoms with Crippen molar-refractivity contribution in [1.82, 2.24) is 0 Å². The molecule has 0 radical (unpaired) electrons. The fraction of sp³-hybridized carbons (Fsp3) is 0.167. The van der Waals surface area contributed by atoms with E-state index in [1.807, 2.05) is 0 Å². The first-order valence-electron chi connectivity index (χ1n) is 9.94. The zero-order valence-electron chi connectivity index (χ0n) is 19.0. The van der Waals surface area contributed by atoms with E-state index in [0.717, 1.165) is 5.56 Å². The fourth-order valence-electron chi connectivity index (χ4n) is 3.21. The number of anilines is 1. The summed E-state index contributed by atoms with van der Waals surface area (Å²) in [5.74, 6) is 0.929. The van der Waals surface area contributed by atoms with Crippen LogP contribution >= 0.6 is 8.02 Å². The molecule has 3 aromatic carbocycles. The molecule has 0 saturated carbocycles. The zero-order chi connectivity index (χ0) is 24.9. The molecule has 2 N–H and O–H groups in total. The van der Waals surface area contributed by atoms with Gasteiger partial charge in [0.05, 0.1) is 48.3 Å². The van der Waals surface area contributed by atoms with Crippen LogP contribution in [0, 0.1) is 5.82 Å². The van der Waals surface area contributed by atoms with Gasteiger partial charge in [0.2, 0.25) is 5.75 Å². The van der Waals surface area contributed by atoms with Gasteiger partial charge in [-0.05, 0) is 62.1 Å². The molecule has 0 heterocycles. The average molecular weight is 506 g/mol. The number of methoxy groups -OCH3 is 4. The van der Waals surface area contributed by atoms with Crippen molar-refractivity contribution in [3.05, 3.63) is 65.5 Å². The Morgan fingerprint density at radius 3 is 2.00 bits per heavy atom. The summed E-state index contributed by atoms with van der Waals surface area (Å²) in [6, 6.07) is 12.0. The van der Waals surface area contributed by atoms with Crippen molar-refractivity contribution in [1.29, 1.82) is 0 Å². The predicted octanol–water partition coefficient (Wildman–Crippen LogP) is 5.46. The highest BCUT2D eigenvalue weighted by Gasteiger charge is 2.18. The Balaban J connectivity index is 2.05. The SMILES string of the molecule is COc1ccc(/C=C\c2cc(OC)c(OC)c(OC)c2)c(NS(=O)(=P)c2ccc(F)cc2)c1O. The van der Waals surface area contributed by atoms with Gasteiger partial charge in [-0.2, -0.15) is 0 Å². The molecule has 34 heavy (non-hydrogen) atoms. The van der Waals surface area contributed by atoms with Crippen molar-refractivity contribution in [2.24, 2.45) is 0 Å². The van der Waals surface area contributed by atoms with Gasteiger partial charge in [-0.3, -0.25) is 0 Å². The third kappa shape index (κ3) is 5.38. The molecule has 0 aliphatic heterocycles. The minimum atomic E-state index is -3.08. The summed E-state index contributed by atoms with van der Waals surface area (Å²) in [5.41, 5.74) is 1.40. The summed E-state index contributed by atoms with van der Waals surface area (Å²) in [7, 11) is 6.15. The van der Waals surface area contributed by atoms with Gasteiger partial charge in [-0.1, -0.05) is 12.2 Å². The predicted molar refractivity (Wildman–Crippen MR) is 134 cm³/mol. The van der Waals surface area contributed by atoms with Gasteiger partial charge >= 0.3 is 0 Å². The summed E-state index contributed by atoms with van der Waals surface area (Å²) >= 11 is 0. The van der Waals surface area contributed by atoms with Crippen molar-refractivity contribution < 1.29 is 32.7 Å². The maximum absolute atomic E-state index is 13.3. The van der Waals surface area contributed by atoms with Crippen LogP contribution in [0.1, 0.15) is 11.1 Å². The Morgan fingerprint density at radius 1 is 0.882 bits per heavy atom. The van der Waals surface area contributed by atoms with Crippen molar-refractivity contribution in [2.75, 3.05) is 33.2 Å². The maximum atomic E-state index is 13.3. The van der Waals surface area contributed by atoms with Crippen LogP contribution in [0.4, 0.5) is 10.1 Å². The Labute approximate surface area is 200 Å². The number of nitrogens with one attached hydrogen (secondary N) is 1. The Bertz CT molecular complexity index is 1280. The number of phenolic OH excluding ortho intramolecular Hbond substituents is 1. The first-order valence-corrected chi connectivity index (χ1v) is 12.7. The van der Waals surface area contributed by atoms with Crippen molar-refractivity contribution in [3.8, 4) is 28.7 Å². The van der Waals surface area contributed by atoms with E-state index in [9.17, 15) is 13.7 Å². The largest absolute Gasteiger partial charge is 0.503 e. The number of benzene rings is 3. The Hall–Kier alpha value is -3.42. The molecule has 10 heteroatoms. The number of rotatable bonds is 9. The van der Waals surface area contributed by atoms with Gasteiger partial charge in [0.25, 0.3) is 0 Å². The number of hydrogen-bond acceptors (Lipinski definition) is 6. The molecule has 0 aromatic heterocycles. The second kappa shape index (κ2) is 10.7. The lowest BCUT2D eigenvalue weighted by Gasteiger charge is -2.17. The maximum Gasteiger partial charge on any atom is 0.203 e. The van der Waals surface area contributed by atoms with Gasteiger partial charge < -0.3 is 28.8 Å². The minimum Gasteiger partial charge on any atom is -0.503 e. The zero-order valence-corrected chi connectivity index (χ0v) is 20.9. The van der Waals surface area contributed by atoms with E-state index in [-0.39, 0.29) is 17.2 Å². The van der Waals surface area contributed by atoms with Crippen molar-refractivity contribution in [3.63, 3.8) is 0 Å². The first-order chi connectivity index (χ1) is 16.2. The third-order valence-electron chi connectivity index (χ3n) is 4.93. The van der Waals surface area contributed by atoms with Crippen LogP contribution in [0.15, 0.2) is 53.4 Å². The van der Waals surface area contributed by atoms with Crippen LogP contribution in [-0.2, 0) is 9.30 Å². The van der Waals surface area contributed by atoms with E-state index in [1.54, 1.807) is 36.4 Å². The molecule has 0 fully saturated rings. The number of ether oxygens (including phenoxy) is 4. The molecule has 0 aliphatic rings. The monoisotopic (exact) mass is 505 g/mol. The molecule has 1 unspecified atom stereocenters. The van der Waals surface area contributed by atoms with E-state index in [1.165, 1.54) is 52.7 Å². The van der Waals surface area contributed by atoms with E-state index < -0.39 is 15.1 Å². The van der Waals surface area contributed by atoms with Gasteiger partial charge in [0, 0.05) is 5.56 Å². The van der Waals surface area contributed by atoms with Gasteiger partial charge in [0.1, 0.15) is 5.82 Å². The highest BCUT2D eigenvalue weighted by molar-refractivity contribution is 8.21. The first kappa shape index (κ1) is 25.2. The lowest BCUT2D eigenvalue weighted by molar-refractivity contribution is 0.324. The number of aromatic hydroxyl groups is 1. The highest BCUT2D eigenvalue weighted by atomic mass is 32.5. The van der Waals surface area contributed by atoms with E-state index in [0.29, 0.717) is 27.7 Å². The van der Waals surface area contributed by atoms with Gasteiger partial charge in [0.15, 0.2) is 23.0 Å². The van der Waals surface area contributed by atoms with Crippen molar-refractivity contribution in [2.45, 2.75) is 4.90 Å². The molecule has 3 aromatic rings. The molecule has 180 valence electrons. The lowest BCUT2D eigenvalue weighted by atomic mass is 10.1. The third-order valence-corrected chi connectivity index (χ3v) is 7.37. The normalized spacial score (nSPS) is 12.7. The van der Waals surface area contributed by atoms with Crippen LogP contribution in [0.25, 0.3) is 12.2 Å². The van der Waals surface area contributed by atoms with Crippen molar-refractivity contribution >= 4 is 35.2 Å². The molecule has 0 amide bonds. The molecule has 1 atom stereocenters. The molecule has 0 saturated heterocycles. The molecule has 7 nitrogen and oxygen atoms in total. The molecule has 0 aliphatic carbocycles. The molecular weight excluding hydrogens is 480 g/mol. The summed E-state index contributed by atoms with van der Waals surface area (Å²) in [6.45, 7) is 0. The second-order valence-electron chi connectivity index (χ2n) is 6.98. The standard InChI is InChI=1S/C24H25FNO6PS/c1-29-19-12-7-16(6-5-15-13-20(30-2)24(32-4)21(14-15)31-3)22(23(19)27)26-34(28,33)18-10-8-17(25)9-11-18/h5-14,27,33H,1-4H3,(H,26,28)/b6-5-. The number of halogens is 1. The van der Waals surface area contributed by atoms with Crippen LogP contribution < -0.4 is 23.7 Å². The van der Waals surface area contributed by atoms with E-state index in [4.69, 9.17) is 18.9 Å². The van der Waals surface area contributed by atoms with Crippen LogP contribution in [-0.4, -0.2) is 37.8 Å². The fourth-order valence-corrected chi connectivity index (χ4v) is 5.06. The minimum absolute atomic E-state index is 0.160. The average Bonchev–Trinajstić information content (AvgIpc) is 2.83. The Morgan fingerprint density at radius 2 is 1.47 bits per heavy atom. The van der Waals surface area contributed by atoms with Crippen LogP contribution in [0.3, 0.4) is 0 Å². The Kier molecular flexibility index (Phi) is 7.91. The second-order valence-corrected chi connectivity index (χ2v) is 10.5. The molecule has 0 spiro atoms. The highest BCUT2D eigenvalue weighted by Crippen LogP contribution is 2.41. The van der Waals surface area contributed by atoms with Crippen LogP contribution in [0.5, 0.6) is 28.7 Å². The number of phenols is 1. The summed E-state index contributed by atoms with van der Waals surface area (Å²) < 4.78 is 50.8. The van der Waals surface area contributed by atoms with E-state index in [2.05, 4.69) is 12.7 Å². The van der Waals surface area contributed by atoms with Gasteiger partial charge in [-0.15, -0.1) is 0 Å². The van der Waals surface area contributed by atoms with Crippen LogP contribution in [0.2, 0.25) is 0 Å². The van der Waals surface area contributed by atoms with Gasteiger partial charge in [-0.25, -0.2) is 8.60 Å². The molecule has 0 bridgehead atoms. The quantitative estimate of drug-likeness (QED) is 0.228. The molecule has 3 rings (SSSR count). The molecular formula is C24H25FNO6PS. The smallest absolute Gasteiger partial charge is 0.203 e.